The first-order valence-electron chi connectivity index (χ1n) is 6.36. The smallest absolute Gasteiger partial charge is 0.411 e. The van der Waals surface area contributed by atoms with Crippen LogP contribution in [0.4, 0.5) is 28.9 Å². The molecule has 0 saturated heterocycles. The second-order valence-corrected chi connectivity index (χ2v) is 4.92. The van der Waals surface area contributed by atoms with Gasteiger partial charge in [-0.05, 0) is 19.3 Å². The van der Waals surface area contributed by atoms with Crippen LogP contribution < -0.4 is 15.8 Å². The van der Waals surface area contributed by atoms with E-state index < -0.39 is 17.5 Å². The Labute approximate surface area is 114 Å². The summed E-state index contributed by atoms with van der Waals surface area (Å²) in [4.78, 5) is 0. The van der Waals surface area contributed by atoms with Crippen LogP contribution in [0.15, 0.2) is 12.1 Å². The molecule has 1 fully saturated rings. The van der Waals surface area contributed by atoms with Crippen LogP contribution in [-0.4, -0.2) is 18.3 Å². The van der Waals surface area contributed by atoms with Gasteiger partial charge in [0.25, 0.3) is 0 Å². The Morgan fingerprint density at radius 2 is 2.00 bits per heavy atom. The molecule has 0 unspecified atom stereocenters. The van der Waals surface area contributed by atoms with Gasteiger partial charge in [-0.2, -0.15) is 13.2 Å². The lowest BCUT2D eigenvalue weighted by atomic mass is 10.2. The molecule has 20 heavy (non-hydrogen) atoms. The van der Waals surface area contributed by atoms with Crippen LogP contribution in [0.1, 0.15) is 26.2 Å². The zero-order chi connectivity index (χ0) is 15.0. The molecule has 0 radical (unpaired) electrons. The minimum absolute atomic E-state index is 0.0154. The molecule has 1 saturated carbocycles. The molecule has 1 aromatic rings. The zero-order valence-electron chi connectivity index (χ0n) is 11.0. The van der Waals surface area contributed by atoms with E-state index in [1.54, 1.807) is 0 Å². The third-order valence-corrected chi connectivity index (χ3v) is 3.23. The Bertz CT molecular complexity index is 498. The first-order chi connectivity index (χ1) is 9.29. The van der Waals surface area contributed by atoms with Crippen LogP contribution in [0.25, 0.3) is 0 Å². The predicted octanol–water partition coefficient (Wildman–Crippen LogP) is 3.70. The summed E-state index contributed by atoms with van der Waals surface area (Å²) in [6, 6.07) is 2.16. The summed E-state index contributed by atoms with van der Waals surface area (Å²) in [5, 5.41) is 2.38. The van der Waals surface area contributed by atoms with E-state index in [-0.39, 0.29) is 36.6 Å². The number of hydrogen-bond acceptors (Lipinski definition) is 3. The van der Waals surface area contributed by atoms with Gasteiger partial charge in [-0.15, -0.1) is 0 Å². The maximum absolute atomic E-state index is 13.6. The molecular formula is C13H16F4N2O. The fraction of sp³-hybridized carbons (Fsp3) is 0.538. The van der Waals surface area contributed by atoms with E-state index in [0.717, 1.165) is 6.07 Å². The number of nitrogen functional groups attached to an aromatic ring is 1. The second kappa shape index (κ2) is 5.03. The molecule has 3 N–H and O–H groups in total. The number of rotatable bonds is 5. The lowest BCUT2D eigenvalue weighted by Crippen LogP contribution is -2.38. The monoisotopic (exact) mass is 292 g/mol. The third kappa shape index (κ3) is 2.76. The summed E-state index contributed by atoms with van der Waals surface area (Å²) in [5.41, 5.74) is 3.61. The van der Waals surface area contributed by atoms with E-state index in [0.29, 0.717) is 6.42 Å². The van der Waals surface area contributed by atoms with E-state index in [1.165, 1.54) is 6.07 Å². The van der Waals surface area contributed by atoms with Crippen molar-refractivity contribution in [3.63, 3.8) is 0 Å². The van der Waals surface area contributed by atoms with Crippen molar-refractivity contribution in [1.29, 1.82) is 0 Å². The maximum Gasteiger partial charge on any atom is 0.411 e. The molecule has 0 spiro atoms. The van der Waals surface area contributed by atoms with Crippen molar-refractivity contribution in [2.24, 2.45) is 0 Å². The van der Waals surface area contributed by atoms with Gasteiger partial charge in [-0.3, -0.25) is 0 Å². The average molecular weight is 292 g/mol. The molecule has 112 valence electrons. The van der Waals surface area contributed by atoms with Crippen LogP contribution >= 0.6 is 0 Å². The highest BCUT2D eigenvalue weighted by Crippen LogP contribution is 2.52. The van der Waals surface area contributed by atoms with Crippen molar-refractivity contribution in [2.45, 2.75) is 37.9 Å². The number of nitrogens with one attached hydrogen (secondary N) is 1. The number of hydrogen-bond donors (Lipinski definition) is 2. The number of ether oxygens (including phenoxy) is 1. The van der Waals surface area contributed by atoms with E-state index in [1.807, 2.05) is 6.92 Å². The Balaban J connectivity index is 2.24. The number of alkyl halides is 3. The van der Waals surface area contributed by atoms with Gasteiger partial charge >= 0.3 is 6.18 Å². The van der Waals surface area contributed by atoms with Crippen LogP contribution in [-0.2, 0) is 0 Å². The number of nitrogens with two attached hydrogens (primary N) is 1. The van der Waals surface area contributed by atoms with E-state index in [9.17, 15) is 17.6 Å². The lowest BCUT2D eigenvalue weighted by molar-refractivity contribution is -0.151. The maximum atomic E-state index is 13.6. The molecule has 2 rings (SSSR count). The molecule has 0 bridgehead atoms. The average Bonchev–Trinajstić information content (AvgIpc) is 3.11. The summed E-state index contributed by atoms with van der Waals surface area (Å²) in [5.74, 6) is -0.778. The number of halogens is 4. The van der Waals surface area contributed by atoms with Gasteiger partial charge < -0.3 is 15.8 Å². The summed E-state index contributed by atoms with van der Waals surface area (Å²) in [6.45, 7) is 2.13. The molecule has 3 nitrogen and oxygen atoms in total. The molecule has 0 aliphatic heterocycles. The first-order valence-corrected chi connectivity index (χ1v) is 6.36. The molecule has 0 heterocycles. The molecule has 1 aromatic carbocycles. The summed E-state index contributed by atoms with van der Waals surface area (Å²) in [6.07, 6.45) is -3.73. The van der Waals surface area contributed by atoms with Gasteiger partial charge in [0.1, 0.15) is 5.54 Å². The van der Waals surface area contributed by atoms with Gasteiger partial charge in [0.2, 0.25) is 0 Å². The fourth-order valence-corrected chi connectivity index (χ4v) is 1.86. The number of benzene rings is 1. The van der Waals surface area contributed by atoms with E-state index >= 15 is 0 Å². The van der Waals surface area contributed by atoms with Gasteiger partial charge in [0.15, 0.2) is 11.6 Å². The SMILES string of the molecule is CCCOc1cc(NC2(C(F)(F)F)CC2)c(N)cc1F. The van der Waals surface area contributed by atoms with Gasteiger partial charge in [-0.25, -0.2) is 4.39 Å². The summed E-state index contributed by atoms with van der Waals surface area (Å²) >= 11 is 0. The summed E-state index contributed by atoms with van der Waals surface area (Å²) < 4.78 is 57.4. The van der Waals surface area contributed by atoms with E-state index in [4.69, 9.17) is 10.5 Å². The van der Waals surface area contributed by atoms with Crippen LogP contribution in [0.3, 0.4) is 0 Å². The topological polar surface area (TPSA) is 47.3 Å². The van der Waals surface area contributed by atoms with Crippen molar-refractivity contribution in [1.82, 2.24) is 0 Å². The molecule has 7 heteroatoms. The second-order valence-electron chi connectivity index (χ2n) is 4.92. The minimum atomic E-state index is -4.36. The highest BCUT2D eigenvalue weighted by atomic mass is 19.4. The first kappa shape index (κ1) is 14.7. The molecule has 0 aromatic heterocycles. The summed E-state index contributed by atoms with van der Waals surface area (Å²) in [7, 11) is 0. The van der Waals surface area contributed by atoms with Crippen LogP contribution in [0.2, 0.25) is 0 Å². The van der Waals surface area contributed by atoms with Crippen molar-refractivity contribution in [3.05, 3.63) is 17.9 Å². The van der Waals surface area contributed by atoms with Crippen molar-refractivity contribution in [2.75, 3.05) is 17.7 Å². The molecule has 1 aliphatic carbocycles. The highest BCUT2D eigenvalue weighted by molar-refractivity contribution is 5.70. The third-order valence-electron chi connectivity index (χ3n) is 3.23. The Kier molecular flexibility index (Phi) is 3.71. The molecule has 0 atom stereocenters. The van der Waals surface area contributed by atoms with Crippen molar-refractivity contribution >= 4 is 11.4 Å². The standard InChI is InChI=1S/C13H16F4N2O/c1-2-5-20-11-7-10(9(18)6-8(11)14)19-12(3-4-12)13(15,16)17/h6-7,19H,2-5,18H2,1H3. The Hall–Kier alpha value is -1.66. The Morgan fingerprint density at radius 1 is 1.35 bits per heavy atom. The zero-order valence-corrected chi connectivity index (χ0v) is 11.0. The minimum Gasteiger partial charge on any atom is -0.490 e. The van der Waals surface area contributed by atoms with E-state index in [2.05, 4.69) is 5.32 Å². The van der Waals surface area contributed by atoms with Gasteiger partial charge in [0.05, 0.1) is 18.0 Å². The number of anilines is 2. The molecular weight excluding hydrogens is 276 g/mol. The van der Waals surface area contributed by atoms with Crippen molar-refractivity contribution < 1.29 is 22.3 Å². The normalized spacial score (nSPS) is 16.9. The van der Waals surface area contributed by atoms with Crippen molar-refractivity contribution in [3.8, 4) is 5.75 Å². The molecule has 1 aliphatic rings. The van der Waals surface area contributed by atoms with Crippen LogP contribution in [0.5, 0.6) is 5.75 Å². The Morgan fingerprint density at radius 3 is 2.50 bits per heavy atom. The molecule has 0 amide bonds. The van der Waals surface area contributed by atoms with Gasteiger partial charge in [0, 0.05) is 12.1 Å². The predicted molar refractivity (Wildman–Crippen MR) is 68.2 cm³/mol. The van der Waals surface area contributed by atoms with Crippen LogP contribution in [0, 0.1) is 5.82 Å². The quantitative estimate of drug-likeness (QED) is 0.642. The highest BCUT2D eigenvalue weighted by Gasteiger charge is 2.63. The fourth-order valence-electron chi connectivity index (χ4n) is 1.86. The van der Waals surface area contributed by atoms with Gasteiger partial charge in [-0.1, -0.05) is 6.92 Å². The largest absolute Gasteiger partial charge is 0.490 e. The lowest BCUT2D eigenvalue weighted by Gasteiger charge is -2.23.